The summed E-state index contributed by atoms with van der Waals surface area (Å²) in [7, 11) is -2.40. The highest BCUT2D eigenvalue weighted by Crippen LogP contribution is 2.36. The third kappa shape index (κ3) is 4.85. The van der Waals surface area contributed by atoms with Crippen molar-refractivity contribution in [2.45, 2.75) is 64.5 Å². The number of nitrogens with two attached hydrogens (primary N) is 1. The molecule has 0 heterocycles. The van der Waals surface area contributed by atoms with Gasteiger partial charge in [-0.25, -0.2) is 0 Å². The Morgan fingerprint density at radius 3 is 1.81 bits per heavy atom. The van der Waals surface area contributed by atoms with Crippen LogP contribution in [-0.2, 0) is 4.43 Å². The van der Waals surface area contributed by atoms with E-state index >= 15 is 0 Å². The molecule has 0 radical (unpaired) electrons. The fourth-order valence-corrected chi connectivity index (χ4v) is 8.32. The van der Waals surface area contributed by atoms with Gasteiger partial charge in [-0.15, -0.1) is 0 Å². The number of unbranched alkanes of at least 4 members (excludes halogenated alkanes) is 1. The highest BCUT2D eigenvalue weighted by molar-refractivity contribution is 6.99. The van der Waals surface area contributed by atoms with E-state index in [0.29, 0.717) is 0 Å². The minimum Gasteiger partial charge on any atom is -0.407 e. The van der Waals surface area contributed by atoms with Gasteiger partial charge in [-0.1, -0.05) is 101 Å². The second-order valence-corrected chi connectivity index (χ2v) is 12.5. The zero-order chi connectivity index (χ0) is 19.0. The highest BCUT2D eigenvalue weighted by atomic mass is 28.4. The van der Waals surface area contributed by atoms with Crippen molar-refractivity contribution < 1.29 is 4.43 Å². The van der Waals surface area contributed by atoms with E-state index in [0.717, 1.165) is 19.4 Å². The first-order chi connectivity index (χ1) is 12.4. The summed E-state index contributed by atoms with van der Waals surface area (Å²) in [6, 6.07) is 21.8. The van der Waals surface area contributed by atoms with Crippen molar-refractivity contribution in [2.75, 3.05) is 6.61 Å². The maximum atomic E-state index is 6.88. The molecule has 0 aromatic heterocycles. The SMILES string of the molecule is CCCC[C@H](N)CCO[Si](c1ccccc1)(c1ccccc1)C(C)(C)C. The van der Waals surface area contributed by atoms with Crippen LogP contribution in [0.3, 0.4) is 0 Å². The van der Waals surface area contributed by atoms with Gasteiger partial charge in [-0.3, -0.25) is 0 Å². The lowest BCUT2D eigenvalue weighted by molar-refractivity contribution is 0.277. The Hall–Kier alpha value is -1.42. The first-order valence-electron chi connectivity index (χ1n) is 9.92. The van der Waals surface area contributed by atoms with E-state index in [1.54, 1.807) is 0 Å². The Labute approximate surface area is 160 Å². The Morgan fingerprint density at radius 1 is 0.885 bits per heavy atom. The summed E-state index contributed by atoms with van der Waals surface area (Å²) in [6.45, 7) is 9.88. The summed E-state index contributed by atoms with van der Waals surface area (Å²) in [5.74, 6) is 0. The monoisotopic (exact) mass is 369 g/mol. The molecule has 0 aliphatic carbocycles. The van der Waals surface area contributed by atoms with E-state index in [2.05, 4.69) is 88.4 Å². The van der Waals surface area contributed by atoms with Gasteiger partial charge in [0.25, 0.3) is 8.32 Å². The summed E-state index contributed by atoms with van der Waals surface area (Å²) in [4.78, 5) is 0. The molecule has 0 unspecified atom stereocenters. The number of hydrogen-bond acceptors (Lipinski definition) is 2. The molecule has 0 aliphatic rings. The molecule has 2 nitrogen and oxygen atoms in total. The molecule has 2 N–H and O–H groups in total. The van der Waals surface area contributed by atoms with Gasteiger partial charge in [-0.2, -0.15) is 0 Å². The standard InChI is InChI=1S/C23H35NOSi/c1-5-6-13-20(24)18-19-25-26(23(2,3)4,21-14-9-7-10-15-21)22-16-11-8-12-17-22/h7-12,14-17,20H,5-6,13,18-19,24H2,1-4H3/t20-/m0/s1. The van der Waals surface area contributed by atoms with Crippen molar-refractivity contribution in [2.24, 2.45) is 5.73 Å². The van der Waals surface area contributed by atoms with Crippen LogP contribution in [0.5, 0.6) is 0 Å². The maximum Gasteiger partial charge on any atom is 0.261 e. The Kier molecular flexibility index (Phi) is 7.63. The van der Waals surface area contributed by atoms with Gasteiger partial charge in [-0.05, 0) is 28.3 Å². The number of benzene rings is 2. The Morgan fingerprint density at radius 2 is 1.38 bits per heavy atom. The van der Waals surface area contributed by atoms with Crippen LogP contribution in [0.4, 0.5) is 0 Å². The van der Waals surface area contributed by atoms with E-state index in [-0.39, 0.29) is 11.1 Å². The molecule has 142 valence electrons. The quantitative estimate of drug-likeness (QED) is 0.662. The summed E-state index contributed by atoms with van der Waals surface area (Å²) in [6.07, 6.45) is 4.40. The normalized spacial score (nSPS) is 13.6. The van der Waals surface area contributed by atoms with Gasteiger partial charge in [0.15, 0.2) is 0 Å². The van der Waals surface area contributed by atoms with Crippen molar-refractivity contribution in [1.29, 1.82) is 0 Å². The van der Waals surface area contributed by atoms with Gasteiger partial charge < -0.3 is 10.2 Å². The molecule has 0 bridgehead atoms. The molecule has 2 aromatic carbocycles. The molecule has 0 aliphatic heterocycles. The average Bonchev–Trinajstić information content (AvgIpc) is 2.64. The largest absolute Gasteiger partial charge is 0.407 e. The molecule has 3 heteroatoms. The summed E-state index contributed by atoms with van der Waals surface area (Å²) >= 11 is 0. The molecular weight excluding hydrogens is 334 g/mol. The smallest absolute Gasteiger partial charge is 0.261 e. The van der Waals surface area contributed by atoms with Crippen LogP contribution < -0.4 is 16.1 Å². The van der Waals surface area contributed by atoms with Gasteiger partial charge in [0, 0.05) is 12.6 Å². The zero-order valence-corrected chi connectivity index (χ0v) is 17.9. The van der Waals surface area contributed by atoms with Gasteiger partial charge in [0.2, 0.25) is 0 Å². The van der Waals surface area contributed by atoms with Crippen LogP contribution in [0, 0.1) is 0 Å². The average molecular weight is 370 g/mol. The van der Waals surface area contributed by atoms with E-state index < -0.39 is 8.32 Å². The van der Waals surface area contributed by atoms with Gasteiger partial charge >= 0.3 is 0 Å². The molecule has 0 fully saturated rings. The van der Waals surface area contributed by atoms with Crippen molar-refractivity contribution in [3.63, 3.8) is 0 Å². The van der Waals surface area contributed by atoms with Crippen LogP contribution in [0.1, 0.15) is 53.4 Å². The van der Waals surface area contributed by atoms with Crippen LogP contribution >= 0.6 is 0 Å². The predicted molar refractivity (Wildman–Crippen MR) is 116 cm³/mol. The summed E-state index contributed by atoms with van der Waals surface area (Å²) in [5, 5.41) is 2.70. The predicted octanol–water partition coefficient (Wildman–Crippen LogP) is 4.47. The molecule has 0 spiro atoms. The van der Waals surface area contributed by atoms with Gasteiger partial charge in [0.1, 0.15) is 0 Å². The topological polar surface area (TPSA) is 35.2 Å². The highest BCUT2D eigenvalue weighted by Gasteiger charge is 2.49. The number of hydrogen-bond donors (Lipinski definition) is 1. The van der Waals surface area contributed by atoms with E-state index in [1.807, 2.05) is 0 Å². The zero-order valence-electron chi connectivity index (χ0n) is 16.9. The fourth-order valence-electron chi connectivity index (χ4n) is 3.74. The lowest BCUT2D eigenvalue weighted by Gasteiger charge is -2.43. The van der Waals surface area contributed by atoms with Crippen LogP contribution in [0.15, 0.2) is 60.7 Å². The molecule has 2 aromatic rings. The van der Waals surface area contributed by atoms with Crippen LogP contribution in [0.25, 0.3) is 0 Å². The maximum absolute atomic E-state index is 6.88. The van der Waals surface area contributed by atoms with Crippen LogP contribution in [-0.4, -0.2) is 21.0 Å². The molecule has 0 saturated heterocycles. The van der Waals surface area contributed by atoms with E-state index in [9.17, 15) is 0 Å². The fraction of sp³-hybridized carbons (Fsp3) is 0.478. The molecule has 2 rings (SSSR count). The summed E-state index contributed by atoms with van der Waals surface area (Å²) in [5.41, 5.74) is 6.31. The van der Waals surface area contributed by atoms with Crippen LogP contribution in [0.2, 0.25) is 5.04 Å². The second-order valence-electron chi connectivity index (χ2n) is 8.20. The Bertz CT molecular complexity index is 597. The van der Waals surface area contributed by atoms with E-state index in [4.69, 9.17) is 10.2 Å². The first kappa shape index (κ1) is 20.9. The van der Waals surface area contributed by atoms with Crippen molar-refractivity contribution in [1.82, 2.24) is 0 Å². The van der Waals surface area contributed by atoms with Crippen molar-refractivity contribution in [3.05, 3.63) is 60.7 Å². The van der Waals surface area contributed by atoms with Crippen molar-refractivity contribution >= 4 is 18.7 Å². The molecule has 0 saturated carbocycles. The summed E-state index contributed by atoms with van der Waals surface area (Å²) < 4.78 is 6.88. The second kappa shape index (κ2) is 9.49. The van der Waals surface area contributed by atoms with Gasteiger partial charge in [0.05, 0.1) is 0 Å². The van der Waals surface area contributed by atoms with E-state index in [1.165, 1.54) is 23.2 Å². The minimum atomic E-state index is -2.40. The number of rotatable bonds is 9. The molecule has 26 heavy (non-hydrogen) atoms. The molecular formula is C23H35NOSi. The Balaban J connectivity index is 2.35. The third-order valence-corrected chi connectivity index (χ3v) is 10.2. The molecule has 1 atom stereocenters. The van der Waals surface area contributed by atoms with Crippen molar-refractivity contribution in [3.8, 4) is 0 Å². The molecule has 0 amide bonds. The lowest BCUT2D eigenvalue weighted by atomic mass is 10.1. The first-order valence-corrected chi connectivity index (χ1v) is 11.8. The lowest BCUT2D eigenvalue weighted by Crippen LogP contribution is -2.66. The third-order valence-electron chi connectivity index (χ3n) is 5.15. The minimum absolute atomic E-state index is 0.0310.